The fourth-order valence-electron chi connectivity index (χ4n) is 0.738. The van der Waals surface area contributed by atoms with Crippen LogP contribution in [0.2, 0.25) is 0 Å². The van der Waals surface area contributed by atoms with Crippen molar-refractivity contribution in [2.75, 3.05) is 7.05 Å². The summed E-state index contributed by atoms with van der Waals surface area (Å²) in [5.74, 6) is -2.16. The number of carbonyl (C=O) groups is 3. The first-order chi connectivity index (χ1) is 5.52. The van der Waals surface area contributed by atoms with Crippen LogP contribution in [-0.4, -0.2) is 35.5 Å². The Morgan fingerprint density at radius 1 is 1.50 bits per heavy atom. The molecule has 0 bridgehead atoms. The van der Waals surface area contributed by atoms with Gasteiger partial charge in [-0.3, -0.25) is 14.4 Å². The van der Waals surface area contributed by atoms with Crippen molar-refractivity contribution in [1.29, 1.82) is 0 Å². The summed E-state index contributed by atoms with van der Waals surface area (Å²) in [5.41, 5.74) is 0. The zero-order valence-corrected chi connectivity index (χ0v) is 6.62. The monoisotopic (exact) mass is 169 g/mol. The molecule has 0 saturated carbocycles. The number of nitrogens with zero attached hydrogens (tertiary/aromatic N) is 2. The molecule has 0 saturated heterocycles. The quantitative estimate of drug-likeness (QED) is 0.447. The van der Waals surface area contributed by atoms with E-state index in [2.05, 4.69) is 10.4 Å². The van der Waals surface area contributed by atoms with Crippen molar-refractivity contribution in [3.8, 4) is 0 Å². The number of rotatable bonds is 0. The van der Waals surface area contributed by atoms with E-state index in [1.54, 1.807) is 0 Å². The fraction of sp³-hybridized carbons (Fsp3) is 0.333. The van der Waals surface area contributed by atoms with E-state index in [1.807, 2.05) is 0 Å². The molecule has 0 radical (unpaired) electrons. The molecule has 6 nitrogen and oxygen atoms in total. The van der Waals surface area contributed by atoms with Crippen molar-refractivity contribution in [2.45, 2.75) is 6.92 Å². The molecule has 0 fully saturated rings. The molecule has 0 aromatic carbocycles. The summed E-state index contributed by atoms with van der Waals surface area (Å²) in [5, 5.41) is 6.54. The van der Waals surface area contributed by atoms with Gasteiger partial charge in [-0.25, -0.2) is 5.01 Å². The molecular formula is C6H7N3O3. The van der Waals surface area contributed by atoms with Crippen LogP contribution in [0, 0.1) is 0 Å². The maximum atomic E-state index is 10.9. The summed E-state index contributed by atoms with van der Waals surface area (Å²) < 4.78 is 0. The summed E-state index contributed by atoms with van der Waals surface area (Å²) >= 11 is 0. The lowest BCUT2D eigenvalue weighted by atomic mass is 10.3. The second-order valence-electron chi connectivity index (χ2n) is 2.29. The van der Waals surface area contributed by atoms with Gasteiger partial charge < -0.3 is 5.32 Å². The van der Waals surface area contributed by atoms with Gasteiger partial charge in [-0.1, -0.05) is 0 Å². The molecule has 12 heavy (non-hydrogen) atoms. The van der Waals surface area contributed by atoms with Gasteiger partial charge in [0.05, 0.1) is 0 Å². The SMILES string of the molecule is CC(=O)NC1=NN(C)C(=O)C1=O. The molecule has 0 atom stereocenters. The average molecular weight is 169 g/mol. The number of likely N-dealkylation sites (N-methyl/N-ethyl adjacent to an activating group) is 1. The highest BCUT2D eigenvalue weighted by Gasteiger charge is 2.31. The smallest absolute Gasteiger partial charge is 0.306 e. The Bertz CT molecular complexity index is 294. The minimum atomic E-state index is -0.785. The summed E-state index contributed by atoms with van der Waals surface area (Å²) in [6, 6.07) is 0. The van der Waals surface area contributed by atoms with Crippen LogP contribution in [0.5, 0.6) is 0 Å². The lowest BCUT2D eigenvalue weighted by molar-refractivity contribution is -0.138. The third-order valence-electron chi connectivity index (χ3n) is 1.25. The lowest BCUT2D eigenvalue weighted by Crippen LogP contribution is -2.35. The Morgan fingerprint density at radius 2 is 2.08 bits per heavy atom. The van der Waals surface area contributed by atoms with Crippen molar-refractivity contribution in [2.24, 2.45) is 5.10 Å². The molecule has 6 heteroatoms. The molecule has 64 valence electrons. The van der Waals surface area contributed by atoms with Crippen molar-refractivity contribution in [1.82, 2.24) is 10.3 Å². The number of ketones is 1. The predicted octanol–water partition coefficient (Wildman–Crippen LogP) is -1.52. The topological polar surface area (TPSA) is 78.8 Å². The summed E-state index contributed by atoms with van der Waals surface area (Å²) in [7, 11) is 1.34. The number of carbonyl (C=O) groups excluding carboxylic acids is 3. The van der Waals surface area contributed by atoms with E-state index >= 15 is 0 Å². The Balaban J connectivity index is 2.80. The molecule has 0 aliphatic carbocycles. The van der Waals surface area contributed by atoms with E-state index in [9.17, 15) is 14.4 Å². The number of Topliss-reactive ketones (excluding diaryl/α,β-unsaturated/α-hetero) is 1. The van der Waals surface area contributed by atoms with Crippen LogP contribution in [0.1, 0.15) is 6.92 Å². The number of hydrazone groups is 1. The maximum absolute atomic E-state index is 10.9. The zero-order valence-electron chi connectivity index (χ0n) is 6.62. The number of hydrogen-bond donors (Lipinski definition) is 1. The molecule has 0 spiro atoms. The molecule has 0 aromatic heterocycles. The van der Waals surface area contributed by atoms with Gasteiger partial charge in [0.25, 0.3) is 5.78 Å². The first kappa shape index (κ1) is 8.38. The average Bonchev–Trinajstić information content (AvgIpc) is 2.17. The van der Waals surface area contributed by atoms with Gasteiger partial charge >= 0.3 is 5.91 Å². The van der Waals surface area contributed by atoms with E-state index in [0.29, 0.717) is 0 Å². The van der Waals surface area contributed by atoms with Crippen molar-refractivity contribution < 1.29 is 14.4 Å². The number of amidine groups is 1. The maximum Gasteiger partial charge on any atom is 0.318 e. The van der Waals surface area contributed by atoms with Gasteiger partial charge in [-0.15, -0.1) is 5.10 Å². The number of hydrogen-bond acceptors (Lipinski definition) is 4. The Labute approximate surface area is 68.2 Å². The molecule has 0 aromatic rings. The molecular weight excluding hydrogens is 162 g/mol. The molecule has 2 amide bonds. The second kappa shape index (κ2) is 2.72. The van der Waals surface area contributed by atoms with Crippen LogP contribution < -0.4 is 5.32 Å². The highest BCUT2D eigenvalue weighted by atomic mass is 16.2. The van der Waals surface area contributed by atoms with Crippen molar-refractivity contribution in [3.63, 3.8) is 0 Å². The molecule has 1 aliphatic heterocycles. The molecule has 1 N–H and O–H groups in total. The molecule has 1 rings (SSSR count). The Kier molecular flexibility index (Phi) is 1.90. The van der Waals surface area contributed by atoms with E-state index in [-0.39, 0.29) is 5.84 Å². The predicted molar refractivity (Wildman–Crippen MR) is 39.0 cm³/mol. The first-order valence-corrected chi connectivity index (χ1v) is 3.21. The van der Waals surface area contributed by atoms with Crippen LogP contribution in [0.25, 0.3) is 0 Å². The van der Waals surface area contributed by atoms with Gasteiger partial charge in [0, 0.05) is 14.0 Å². The van der Waals surface area contributed by atoms with Crippen molar-refractivity contribution in [3.05, 3.63) is 0 Å². The minimum Gasteiger partial charge on any atom is -0.306 e. The Morgan fingerprint density at radius 3 is 2.42 bits per heavy atom. The van der Waals surface area contributed by atoms with Crippen molar-refractivity contribution >= 4 is 23.4 Å². The number of amides is 2. The second-order valence-corrected chi connectivity index (χ2v) is 2.29. The van der Waals surface area contributed by atoms with Crippen LogP contribution in [0.4, 0.5) is 0 Å². The third-order valence-corrected chi connectivity index (χ3v) is 1.25. The van der Waals surface area contributed by atoms with Gasteiger partial charge in [-0.05, 0) is 0 Å². The van der Waals surface area contributed by atoms with E-state index in [1.165, 1.54) is 14.0 Å². The highest BCUT2D eigenvalue weighted by Crippen LogP contribution is 1.98. The van der Waals surface area contributed by atoms with Crippen LogP contribution in [-0.2, 0) is 14.4 Å². The van der Waals surface area contributed by atoms with E-state index in [4.69, 9.17) is 0 Å². The largest absolute Gasteiger partial charge is 0.318 e. The van der Waals surface area contributed by atoms with E-state index < -0.39 is 17.6 Å². The highest BCUT2D eigenvalue weighted by molar-refractivity contribution is 6.66. The van der Waals surface area contributed by atoms with Gasteiger partial charge in [0.2, 0.25) is 11.7 Å². The Hall–Kier alpha value is -1.72. The number of nitrogens with one attached hydrogen (secondary N) is 1. The van der Waals surface area contributed by atoms with E-state index in [0.717, 1.165) is 5.01 Å². The summed E-state index contributed by atoms with van der Waals surface area (Å²) in [6.07, 6.45) is 0. The van der Waals surface area contributed by atoms with Crippen LogP contribution in [0.15, 0.2) is 5.10 Å². The van der Waals surface area contributed by atoms with Crippen LogP contribution >= 0.6 is 0 Å². The first-order valence-electron chi connectivity index (χ1n) is 3.21. The zero-order chi connectivity index (χ0) is 9.30. The van der Waals surface area contributed by atoms with Gasteiger partial charge in [-0.2, -0.15) is 0 Å². The molecule has 0 unspecified atom stereocenters. The molecule has 1 aliphatic rings. The molecule has 1 heterocycles. The fourth-order valence-corrected chi connectivity index (χ4v) is 0.738. The third kappa shape index (κ3) is 1.31. The summed E-state index contributed by atoms with van der Waals surface area (Å²) in [4.78, 5) is 32.2. The van der Waals surface area contributed by atoms with Crippen LogP contribution in [0.3, 0.4) is 0 Å². The normalized spacial score (nSPS) is 16.5. The summed E-state index contributed by atoms with van der Waals surface area (Å²) in [6.45, 7) is 1.23. The lowest BCUT2D eigenvalue weighted by Gasteiger charge is -1.97. The standard InChI is InChI=1S/C6H7N3O3/c1-3(10)7-5-4(11)6(12)9(2)8-5/h1-2H3,(H,7,8,10). The van der Waals surface area contributed by atoms with Gasteiger partial charge in [0.1, 0.15) is 0 Å². The van der Waals surface area contributed by atoms with Gasteiger partial charge in [0.15, 0.2) is 0 Å². The minimum absolute atomic E-state index is 0.213.